The van der Waals surface area contributed by atoms with E-state index in [0.717, 1.165) is 24.3 Å². The summed E-state index contributed by atoms with van der Waals surface area (Å²) in [5, 5.41) is 0. The van der Waals surface area contributed by atoms with Crippen LogP contribution < -0.4 is 4.74 Å². The topological polar surface area (TPSA) is 38.8 Å². The first-order valence-electron chi connectivity index (χ1n) is 4.54. The molecule has 1 aliphatic rings. The molecule has 92 valence electrons. The quantitative estimate of drug-likeness (QED) is 0.349. The van der Waals surface area contributed by atoms with Gasteiger partial charge in [-0.2, -0.15) is 13.2 Å². The highest BCUT2D eigenvalue weighted by atomic mass is 19.4. The van der Waals surface area contributed by atoms with Crippen LogP contribution in [0.3, 0.4) is 0 Å². The van der Waals surface area contributed by atoms with Crippen LogP contribution in [0.25, 0.3) is 0 Å². The van der Waals surface area contributed by atoms with Gasteiger partial charge in [-0.1, -0.05) is 0 Å². The van der Waals surface area contributed by atoms with E-state index in [9.17, 15) is 22.4 Å². The number of halogens is 4. The molecule has 2 rings (SSSR count). The number of esters is 1. The van der Waals surface area contributed by atoms with Crippen LogP contribution >= 0.6 is 0 Å². The Hall–Kier alpha value is -1.63. The Morgan fingerprint density at radius 1 is 1.29 bits per heavy atom. The van der Waals surface area contributed by atoms with Gasteiger partial charge in [0.25, 0.3) is 5.60 Å². The highest BCUT2D eigenvalue weighted by Gasteiger charge is 2.73. The summed E-state index contributed by atoms with van der Waals surface area (Å²) in [5.41, 5.74) is -2.86. The summed E-state index contributed by atoms with van der Waals surface area (Å²) in [5.74, 6) is -2.30. The number of epoxide rings is 1. The van der Waals surface area contributed by atoms with Gasteiger partial charge < -0.3 is 9.47 Å². The predicted octanol–water partition coefficient (Wildman–Crippen LogP) is 2.06. The molecule has 0 N–H and O–H groups in total. The number of carbonyl (C=O) groups excluding carboxylic acids is 1. The number of ether oxygens (including phenoxy) is 2. The molecule has 0 bridgehead atoms. The smallest absolute Gasteiger partial charge is 0.424 e. The van der Waals surface area contributed by atoms with Crippen molar-refractivity contribution < 1.29 is 31.8 Å². The van der Waals surface area contributed by atoms with Crippen LogP contribution in [-0.4, -0.2) is 24.4 Å². The molecule has 1 saturated heterocycles. The van der Waals surface area contributed by atoms with Crippen molar-refractivity contribution in [2.24, 2.45) is 0 Å². The maximum Gasteiger partial charge on any atom is 0.430 e. The lowest BCUT2D eigenvalue weighted by Gasteiger charge is -2.14. The molecule has 0 radical (unpaired) electrons. The van der Waals surface area contributed by atoms with E-state index in [-0.39, 0.29) is 5.75 Å². The zero-order chi connectivity index (χ0) is 12.7. The molecular weight excluding hydrogens is 244 g/mol. The van der Waals surface area contributed by atoms with Gasteiger partial charge in [0.15, 0.2) is 0 Å². The third-order valence-corrected chi connectivity index (χ3v) is 2.24. The molecule has 1 heterocycles. The molecule has 0 aliphatic carbocycles. The van der Waals surface area contributed by atoms with Crippen molar-refractivity contribution in [1.29, 1.82) is 0 Å². The van der Waals surface area contributed by atoms with Gasteiger partial charge in [-0.25, -0.2) is 9.18 Å². The van der Waals surface area contributed by atoms with Crippen molar-refractivity contribution in [3.05, 3.63) is 30.1 Å². The maximum atomic E-state index is 12.5. The molecule has 17 heavy (non-hydrogen) atoms. The molecule has 1 aromatic rings. The van der Waals surface area contributed by atoms with Gasteiger partial charge in [-0.3, -0.25) is 0 Å². The second-order valence-corrected chi connectivity index (χ2v) is 3.46. The Labute approximate surface area is 92.9 Å². The standard InChI is InChI=1S/C10H6F4O3/c11-6-1-3-7(4-2-6)17-8(15)9(5-16-9)10(12,13)14/h1-4H,5H2/t9-/m1/s1. The van der Waals surface area contributed by atoms with Gasteiger partial charge in [0, 0.05) is 0 Å². The molecule has 1 aliphatic heterocycles. The summed E-state index contributed by atoms with van der Waals surface area (Å²) in [7, 11) is 0. The number of alkyl halides is 3. The van der Waals surface area contributed by atoms with Gasteiger partial charge in [0.05, 0.1) is 6.61 Å². The molecule has 0 saturated carbocycles. The van der Waals surface area contributed by atoms with Crippen molar-refractivity contribution in [3.8, 4) is 5.75 Å². The van der Waals surface area contributed by atoms with E-state index in [0.29, 0.717) is 0 Å². The van der Waals surface area contributed by atoms with Crippen molar-refractivity contribution in [3.63, 3.8) is 0 Å². The van der Waals surface area contributed by atoms with E-state index in [1.54, 1.807) is 0 Å². The average Bonchev–Trinajstić information content (AvgIpc) is 3.01. The molecule has 0 aromatic heterocycles. The Bertz CT molecular complexity index is 434. The van der Waals surface area contributed by atoms with Gasteiger partial charge in [-0.05, 0) is 24.3 Å². The Kier molecular flexibility index (Phi) is 2.57. The largest absolute Gasteiger partial charge is 0.430 e. The third-order valence-electron chi connectivity index (χ3n) is 2.24. The van der Waals surface area contributed by atoms with E-state index in [1.165, 1.54) is 0 Å². The number of carbonyl (C=O) groups is 1. The molecule has 1 aromatic carbocycles. The zero-order valence-corrected chi connectivity index (χ0v) is 8.25. The first-order valence-corrected chi connectivity index (χ1v) is 4.54. The van der Waals surface area contributed by atoms with Crippen LogP contribution in [0, 0.1) is 5.82 Å². The lowest BCUT2D eigenvalue weighted by atomic mass is 10.1. The van der Waals surface area contributed by atoms with Crippen molar-refractivity contribution >= 4 is 5.97 Å². The molecule has 0 unspecified atom stereocenters. The minimum atomic E-state index is -4.82. The molecule has 1 fully saturated rings. The first-order chi connectivity index (χ1) is 7.85. The number of benzene rings is 1. The SMILES string of the molecule is O=C(Oc1ccc(F)cc1)[C@@]1(C(F)(F)F)CO1. The van der Waals surface area contributed by atoms with Gasteiger partial charge in [0.2, 0.25) is 0 Å². The first kappa shape index (κ1) is 11.8. The number of hydrogen-bond donors (Lipinski definition) is 0. The van der Waals surface area contributed by atoms with E-state index >= 15 is 0 Å². The van der Waals surface area contributed by atoms with Crippen molar-refractivity contribution in [2.45, 2.75) is 11.8 Å². The summed E-state index contributed by atoms with van der Waals surface area (Å²) in [6.45, 7) is -0.753. The highest BCUT2D eigenvalue weighted by molar-refractivity contribution is 5.85. The zero-order valence-electron chi connectivity index (χ0n) is 8.25. The second-order valence-electron chi connectivity index (χ2n) is 3.46. The van der Waals surface area contributed by atoms with Crippen LogP contribution in [0.15, 0.2) is 24.3 Å². The summed E-state index contributed by atoms with van der Waals surface area (Å²) >= 11 is 0. The summed E-state index contributed by atoms with van der Waals surface area (Å²) in [6.07, 6.45) is -4.82. The van der Waals surface area contributed by atoms with Crippen molar-refractivity contribution in [1.82, 2.24) is 0 Å². The normalized spacial score (nSPS) is 23.3. The summed E-state index contributed by atoms with van der Waals surface area (Å²) in [4.78, 5) is 11.3. The minimum Gasteiger partial charge on any atom is -0.424 e. The fraction of sp³-hybridized carbons (Fsp3) is 0.300. The Morgan fingerprint density at radius 2 is 1.82 bits per heavy atom. The minimum absolute atomic E-state index is 0.171. The molecular formula is C10H6F4O3. The molecule has 0 amide bonds. The summed E-state index contributed by atoms with van der Waals surface area (Å²) in [6, 6.07) is 4.05. The highest BCUT2D eigenvalue weighted by Crippen LogP contribution is 2.44. The third kappa shape index (κ3) is 2.10. The monoisotopic (exact) mass is 250 g/mol. The number of hydrogen-bond acceptors (Lipinski definition) is 3. The van der Waals surface area contributed by atoms with E-state index in [1.807, 2.05) is 0 Å². The van der Waals surface area contributed by atoms with Crippen LogP contribution in [0.1, 0.15) is 0 Å². The summed E-state index contributed by atoms with van der Waals surface area (Å²) < 4.78 is 58.4. The van der Waals surface area contributed by atoms with Crippen LogP contribution in [-0.2, 0) is 9.53 Å². The number of rotatable bonds is 2. The fourth-order valence-corrected chi connectivity index (χ4v) is 1.16. The lowest BCUT2D eigenvalue weighted by Crippen LogP contribution is -2.43. The van der Waals surface area contributed by atoms with Gasteiger partial charge >= 0.3 is 12.1 Å². The lowest BCUT2D eigenvalue weighted by molar-refractivity contribution is -0.198. The van der Waals surface area contributed by atoms with Crippen LogP contribution in [0.5, 0.6) is 5.75 Å². The van der Waals surface area contributed by atoms with E-state index in [4.69, 9.17) is 0 Å². The Morgan fingerprint density at radius 3 is 2.24 bits per heavy atom. The average molecular weight is 250 g/mol. The molecule has 3 nitrogen and oxygen atoms in total. The van der Waals surface area contributed by atoms with Crippen LogP contribution in [0.4, 0.5) is 17.6 Å². The van der Waals surface area contributed by atoms with Gasteiger partial charge in [0.1, 0.15) is 11.6 Å². The van der Waals surface area contributed by atoms with Crippen LogP contribution in [0.2, 0.25) is 0 Å². The van der Waals surface area contributed by atoms with E-state index < -0.39 is 30.2 Å². The van der Waals surface area contributed by atoms with Gasteiger partial charge in [-0.15, -0.1) is 0 Å². The van der Waals surface area contributed by atoms with Crippen molar-refractivity contribution in [2.75, 3.05) is 6.61 Å². The molecule has 0 spiro atoms. The Balaban J connectivity index is 2.10. The fourth-order valence-electron chi connectivity index (χ4n) is 1.16. The second kappa shape index (κ2) is 3.69. The molecule has 7 heteroatoms. The predicted molar refractivity (Wildman–Crippen MR) is 46.8 cm³/mol. The molecule has 1 atom stereocenters. The van der Waals surface area contributed by atoms with E-state index in [2.05, 4.69) is 9.47 Å². The maximum absolute atomic E-state index is 12.5.